The summed E-state index contributed by atoms with van der Waals surface area (Å²) in [5.41, 5.74) is 1.93. The van der Waals surface area contributed by atoms with Gasteiger partial charge in [-0.2, -0.15) is 0 Å². The van der Waals surface area contributed by atoms with Gasteiger partial charge in [0.1, 0.15) is 11.3 Å². The largest absolute Gasteiger partial charge is 0.308 e. The summed E-state index contributed by atoms with van der Waals surface area (Å²) in [6, 6.07) is 4.47. The van der Waals surface area contributed by atoms with Crippen LogP contribution in [-0.2, 0) is 0 Å². The van der Waals surface area contributed by atoms with Crippen molar-refractivity contribution in [3.8, 4) is 0 Å². The smallest absolute Gasteiger partial charge is 0.160 e. The first kappa shape index (κ1) is 9.16. The molecule has 0 bridgehead atoms. The Morgan fingerprint density at radius 2 is 2.33 bits per heavy atom. The zero-order valence-corrected chi connectivity index (χ0v) is 9.28. The number of rotatable bonds is 2. The second-order valence-electron chi connectivity index (χ2n) is 4.03. The molecule has 1 unspecified atom stereocenters. The van der Waals surface area contributed by atoms with Crippen molar-refractivity contribution >= 4 is 22.8 Å². The Labute approximate surface area is 93.1 Å². The maximum atomic E-state index is 6.14. The van der Waals surface area contributed by atoms with Gasteiger partial charge in [0.2, 0.25) is 0 Å². The Kier molecular flexibility index (Phi) is 1.96. The van der Waals surface area contributed by atoms with Gasteiger partial charge in [-0.05, 0) is 31.9 Å². The molecule has 0 saturated heterocycles. The van der Waals surface area contributed by atoms with Crippen LogP contribution in [0.3, 0.4) is 0 Å². The van der Waals surface area contributed by atoms with Crippen LogP contribution < -0.4 is 0 Å². The third kappa shape index (κ3) is 1.42. The van der Waals surface area contributed by atoms with Gasteiger partial charge >= 0.3 is 0 Å². The predicted octanol–water partition coefficient (Wildman–Crippen LogP) is 3.07. The molecule has 1 saturated carbocycles. The van der Waals surface area contributed by atoms with E-state index in [0.717, 1.165) is 17.0 Å². The molecule has 3 rings (SSSR count). The molecular weight excluding hydrogens is 210 g/mol. The van der Waals surface area contributed by atoms with Crippen molar-refractivity contribution in [3.63, 3.8) is 0 Å². The van der Waals surface area contributed by atoms with E-state index >= 15 is 0 Å². The van der Waals surface area contributed by atoms with Gasteiger partial charge in [0.15, 0.2) is 5.65 Å². The molecule has 0 N–H and O–H groups in total. The minimum Gasteiger partial charge on any atom is -0.308 e. The highest BCUT2D eigenvalue weighted by atomic mass is 35.5. The fraction of sp³-hybridized carbons (Fsp3) is 0.455. The van der Waals surface area contributed by atoms with Gasteiger partial charge in [0.25, 0.3) is 0 Å². The lowest BCUT2D eigenvalue weighted by molar-refractivity contribution is 0.694. The molecular formula is C11H12ClN3. The fourth-order valence-electron chi connectivity index (χ4n) is 1.92. The van der Waals surface area contributed by atoms with E-state index in [1.54, 1.807) is 0 Å². The summed E-state index contributed by atoms with van der Waals surface area (Å²) in [6.07, 6.45) is 4.25. The molecule has 0 radical (unpaired) electrons. The van der Waals surface area contributed by atoms with E-state index in [1.807, 2.05) is 25.3 Å². The molecule has 15 heavy (non-hydrogen) atoms. The zero-order chi connectivity index (χ0) is 10.4. The Bertz CT molecular complexity index is 500. The molecule has 1 atom stereocenters. The van der Waals surface area contributed by atoms with Crippen LogP contribution in [0.1, 0.15) is 37.0 Å². The Morgan fingerprint density at radius 3 is 3.00 bits per heavy atom. The van der Waals surface area contributed by atoms with Gasteiger partial charge < -0.3 is 4.57 Å². The lowest BCUT2D eigenvalue weighted by Crippen LogP contribution is -2.02. The standard InChI is InChI=1S/C11H12ClN3/c1-7(12)10-14-9-3-2-6-13-11(9)15(10)8-4-5-8/h2-3,6-8H,4-5H2,1H3. The summed E-state index contributed by atoms with van der Waals surface area (Å²) in [5.74, 6) is 0.952. The molecule has 1 aliphatic rings. The molecule has 2 heterocycles. The van der Waals surface area contributed by atoms with Crippen molar-refractivity contribution in [1.29, 1.82) is 0 Å². The lowest BCUT2D eigenvalue weighted by atomic mass is 10.4. The van der Waals surface area contributed by atoms with E-state index in [1.165, 1.54) is 12.8 Å². The van der Waals surface area contributed by atoms with Crippen LogP contribution in [0.15, 0.2) is 18.3 Å². The van der Waals surface area contributed by atoms with Crippen molar-refractivity contribution in [3.05, 3.63) is 24.2 Å². The molecule has 0 spiro atoms. The Hall–Kier alpha value is -1.09. The topological polar surface area (TPSA) is 30.7 Å². The molecule has 3 nitrogen and oxygen atoms in total. The van der Waals surface area contributed by atoms with Crippen molar-refractivity contribution in [1.82, 2.24) is 14.5 Å². The van der Waals surface area contributed by atoms with E-state index in [-0.39, 0.29) is 5.38 Å². The number of fused-ring (bicyclic) bond motifs is 1. The summed E-state index contributed by atoms with van der Waals surface area (Å²) in [6.45, 7) is 1.96. The number of pyridine rings is 1. The monoisotopic (exact) mass is 221 g/mol. The highest BCUT2D eigenvalue weighted by Crippen LogP contribution is 2.40. The number of hydrogen-bond donors (Lipinski definition) is 0. The van der Waals surface area contributed by atoms with E-state index in [4.69, 9.17) is 11.6 Å². The van der Waals surface area contributed by atoms with Gasteiger partial charge in [-0.1, -0.05) is 0 Å². The third-order valence-electron chi connectivity index (χ3n) is 2.74. The van der Waals surface area contributed by atoms with Crippen LogP contribution in [-0.4, -0.2) is 14.5 Å². The number of halogens is 1. The normalized spacial score (nSPS) is 18.3. The molecule has 0 aliphatic heterocycles. The van der Waals surface area contributed by atoms with E-state index in [9.17, 15) is 0 Å². The molecule has 1 aliphatic carbocycles. The molecule has 0 aromatic carbocycles. The van der Waals surface area contributed by atoms with Gasteiger partial charge in [-0.15, -0.1) is 11.6 Å². The van der Waals surface area contributed by atoms with Crippen LogP contribution in [0.4, 0.5) is 0 Å². The quantitative estimate of drug-likeness (QED) is 0.730. The summed E-state index contributed by atoms with van der Waals surface area (Å²) in [4.78, 5) is 8.93. The summed E-state index contributed by atoms with van der Waals surface area (Å²) < 4.78 is 2.20. The SMILES string of the molecule is CC(Cl)c1nc2cccnc2n1C1CC1. The highest BCUT2D eigenvalue weighted by molar-refractivity contribution is 6.20. The van der Waals surface area contributed by atoms with Crippen molar-refractivity contribution in [2.24, 2.45) is 0 Å². The predicted molar refractivity (Wildman–Crippen MR) is 60.1 cm³/mol. The fourth-order valence-corrected chi connectivity index (χ4v) is 2.07. The van der Waals surface area contributed by atoms with E-state index < -0.39 is 0 Å². The number of nitrogens with zero attached hydrogens (tertiary/aromatic N) is 3. The minimum atomic E-state index is -0.0557. The summed E-state index contributed by atoms with van der Waals surface area (Å²) in [5, 5.41) is -0.0557. The van der Waals surface area contributed by atoms with Crippen LogP contribution in [0.25, 0.3) is 11.2 Å². The van der Waals surface area contributed by atoms with Crippen LogP contribution >= 0.6 is 11.6 Å². The van der Waals surface area contributed by atoms with Gasteiger partial charge in [0, 0.05) is 12.2 Å². The van der Waals surface area contributed by atoms with Crippen molar-refractivity contribution in [2.75, 3.05) is 0 Å². The molecule has 2 aromatic heterocycles. The Morgan fingerprint density at radius 1 is 1.53 bits per heavy atom. The zero-order valence-electron chi connectivity index (χ0n) is 8.52. The number of imidazole rings is 1. The summed E-state index contributed by atoms with van der Waals surface area (Å²) >= 11 is 6.14. The molecule has 2 aromatic rings. The lowest BCUT2D eigenvalue weighted by Gasteiger charge is -2.07. The number of aromatic nitrogens is 3. The third-order valence-corrected chi connectivity index (χ3v) is 2.94. The van der Waals surface area contributed by atoms with Crippen molar-refractivity contribution < 1.29 is 0 Å². The van der Waals surface area contributed by atoms with Crippen LogP contribution in [0.5, 0.6) is 0 Å². The molecule has 1 fully saturated rings. The molecule has 78 valence electrons. The van der Waals surface area contributed by atoms with Crippen LogP contribution in [0.2, 0.25) is 0 Å². The number of hydrogen-bond acceptors (Lipinski definition) is 2. The van der Waals surface area contributed by atoms with Crippen molar-refractivity contribution in [2.45, 2.75) is 31.2 Å². The maximum Gasteiger partial charge on any atom is 0.160 e. The van der Waals surface area contributed by atoms with Gasteiger partial charge in [-0.3, -0.25) is 0 Å². The maximum absolute atomic E-state index is 6.14. The minimum absolute atomic E-state index is 0.0557. The summed E-state index contributed by atoms with van der Waals surface area (Å²) in [7, 11) is 0. The Balaban J connectivity index is 2.28. The van der Waals surface area contributed by atoms with Gasteiger partial charge in [0.05, 0.1) is 5.38 Å². The average molecular weight is 222 g/mol. The average Bonchev–Trinajstić information content (AvgIpc) is 2.98. The second kappa shape index (κ2) is 3.20. The van der Waals surface area contributed by atoms with E-state index in [0.29, 0.717) is 6.04 Å². The first-order valence-electron chi connectivity index (χ1n) is 5.24. The number of alkyl halides is 1. The first-order valence-corrected chi connectivity index (χ1v) is 5.68. The molecule has 0 amide bonds. The van der Waals surface area contributed by atoms with Gasteiger partial charge in [-0.25, -0.2) is 9.97 Å². The highest BCUT2D eigenvalue weighted by Gasteiger charge is 2.29. The van der Waals surface area contributed by atoms with E-state index in [2.05, 4.69) is 14.5 Å². The molecule has 4 heteroatoms. The first-order chi connectivity index (χ1) is 7.27. The van der Waals surface area contributed by atoms with Crippen LogP contribution in [0, 0.1) is 0 Å². The second-order valence-corrected chi connectivity index (χ2v) is 4.69.